The Bertz CT molecular complexity index is 2230. The number of carbonyl (C=O) groups is 5. The first kappa shape index (κ1) is 48.7. The van der Waals surface area contributed by atoms with Gasteiger partial charge in [0, 0.05) is 74.2 Å². The van der Waals surface area contributed by atoms with Crippen LogP contribution >= 0.6 is 0 Å². The van der Waals surface area contributed by atoms with E-state index in [0.717, 1.165) is 0 Å². The van der Waals surface area contributed by atoms with E-state index in [1.54, 1.807) is 51.1 Å². The lowest BCUT2D eigenvalue weighted by atomic mass is 9.88. The van der Waals surface area contributed by atoms with Crippen molar-refractivity contribution in [2.75, 3.05) is 39.9 Å². The molecule has 0 aliphatic carbocycles. The number of fused-ring (bicyclic) bond motifs is 5. The van der Waals surface area contributed by atoms with Crippen LogP contribution in [0.4, 0.5) is 0 Å². The van der Waals surface area contributed by atoms with Gasteiger partial charge in [-0.15, -0.1) is 0 Å². The third-order valence-corrected chi connectivity index (χ3v) is 10.4. The lowest BCUT2D eigenvalue weighted by Gasteiger charge is -2.32. The summed E-state index contributed by atoms with van der Waals surface area (Å²) in [7, 11) is 1.49. The summed E-state index contributed by atoms with van der Waals surface area (Å²) in [5.74, 6) is 3.17. The summed E-state index contributed by atoms with van der Waals surface area (Å²) in [6, 6.07) is 10.2. The van der Waals surface area contributed by atoms with Crippen molar-refractivity contribution in [3.8, 4) is 40.5 Å². The molecule has 1 aromatic heterocycles. The summed E-state index contributed by atoms with van der Waals surface area (Å²) in [6.45, 7) is 11.7. The van der Waals surface area contributed by atoms with Gasteiger partial charge in [-0.3, -0.25) is 24.0 Å². The second-order valence-electron chi connectivity index (χ2n) is 16.7. The van der Waals surface area contributed by atoms with Crippen molar-refractivity contribution >= 4 is 29.2 Å². The molecule has 3 aromatic rings. The zero-order valence-electron chi connectivity index (χ0n) is 36.9. The van der Waals surface area contributed by atoms with Crippen LogP contribution in [0.2, 0.25) is 0 Å². The Morgan fingerprint density at radius 1 is 0.935 bits per heavy atom. The maximum Gasteiger partial charge on any atom is 0.226 e. The summed E-state index contributed by atoms with van der Waals surface area (Å²) in [5.41, 5.74) is 20.7. The number of benzene rings is 2. The molecule has 0 fully saturated rings. The van der Waals surface area contributed by atoms with Gasteiger partial charge in [0.05, 0.1) is 29.1 Å². The fraction of sp³-hybridized carbons (Fsp3) is 0.489. The van der Waals surface area contributed by atoms with E-state index in [9.17, 15) is 29.2 Å². The maximum atomic E-state index is 14.7. The van der Waals surface area contributed by atoms with Crippen LogP contribution in [0.3, 0.4) is 0 Å². The van der Waals surface area contributed by atoms with Gasteiger partial charge in [0.1, 0.15) is 30.8 Å². The molecule has 15 heteroatoms. The summed E-state index contributed by atoms with van der Waals surface area (Å²) in [5, 5.41) is 12.1. The molecule has 0 saturated carbocycles. The summed E-state index contributed by atoms with van der Waals surface area (Å²) in [6.07, 6.45) is -0.410. The Morgan fingerprint density at radius 3 is 2.13 bits per heavy atom. The molecule has 0 spiro atoms. The van der Waals surface area contributed by atoms with Gasteiger partial charge in [-0.1, -0.05) is 25.0 Å². The highest BCUT2D eigenvalue weighted by molar-refractivity contribution is 6.01. The molecule has 1 aliphatic heterocycles. The van der Waals surface area contributed by atoms with Gasteiger partial charge in [0.25, 0.3) is 0 Å². The lowest BCUT2D eigenvalue weighted by Crippen LogP contribution is -2.46. The molecule has 330 valence electrons. The van der Waals surface area contributed by atoms with E-state index < -0.39 is 41.5 Å². The molecule has 0 saturated heterocycles. The molecular formula is C47H60N8O7. The standard InChI is InChI=1S/C47H60N8O7/c1-28-23-39(58)44(55(7)46(60)33(15-18-49)27-38(57)43-29(2)52-42(53-30(43)3)14-16-47(4,5)6)32-11-13-41(62-22-20-51)35(26-32)34-24-31(10-12-40(34)61-21-19-50)25-36(54-45(28)59)37(56)9-8-17-48/h10-13,24,26,28,33,36,44H,8-9,15,18-23,25,27,49-51H2,1-7H3,(H,54,59)/t28-,33-,36+,44+/m1/s1. The molecule has 4 rings (SSSR count). The molecule has 1 aliphatic rings. The highest BCUT2D eigenvalue weighted by Gasteiger charge is 2.36. The number of ketones is 3. The van der Waals surface area contributed by atoms with Gasteiger partial charge >= 0.3 is 0 Å². The van der Waals surface area contributed by atoms with Crippen LogP contribution in [0.15, 0.2) is 36.4 Å². The van der Waals surface area contributed by atoms with Crippen molar-refractivity contribution in [3.05, 3.63) is 70.3 Å². The molecule has 62 heavy (non-hydrogen) atoms. The predicted molar refractivity (Wildman–Crippen MR) is 235 cm³/mol. The zero-order valence-corrected chi connectivity index (χ0v) is 36.9. The minimum absolute atomic E-state index is 0.0318. The smallest absolute Gasteiger partial charge is 0.226 e. The number of ether oxygens (including phenoxy) is 2. The number of rotatable bonds is 16. The number of amides is 2. The molecule has 4 bridgehead atoms. The average molecular weight is 849 g/mol. The number of aromatic nitrogens is 2. The molecule has 7 N–H and O–H groups in total. The number of likely N-dealkylation sites (N-methyl/N-ethyl adjacent to an activating group) is 1. The monoisotopic (exact) mass is 848 g/mol. The van der Waals surface area contributed by atoms with E-state index in [1.807, 2.05) is 32.9 Å². The van der Waals surface area contributed by atoms with Crippen LogP contribution in [0.1, 0.15) is 105 Å². The average Bonchev–Trinajstić information content (AvgIpc) is 3.22. The molecule has 0 unspecified atom stereocenters. The molecule has 15 nitrogen and oxygen atoms in total. The van der Waals surface area contributed by atoms with E-state index in [4.69, 9.17) is 26.7 Å². The van der Waals surface area contributed by atoms with Gasteiger partial charge in [-0.05, 0) is 95.3 Å². The third kappa shape index (κ3) is 12.8. The van der Waals surface area contributed by atoms with Gasteiger partial charge < -0.3 is 36.9 Å². The molecular weight excluding hydrogens is 789 g/mol. The topological polar surface area (TPSA) is 247 Å². The second-order valence-corrected chi connectivity index (χ2v) is 16.7. The first-order valence-electron chi connectivity index (χ1n) is 21.0. The number of aryl methyl sites for hydroxylation is 2. The van der Waals surface area contributed by atoms with Crippen molar-refractivity contribution in [3.63, 3.8) is 0 Å². The van der Waals surface area contributed by atoms with E-state index in [2.05, 4.69) is 27.1 Å². The SMILES string of the molecule is Cc1nc(C#CC(C)(C)C)nc(C)c1C(=O)C[C@@H](CCN)C(=O)N(C)[C@@H]1C(=O)C[C@@H](C)C(=O)N[C@H](C(=O)CCC#N)Cc2ccc(OCCN)c(c2)-c2cc1ccc2OCCN. The molecule has 0 radical (unpaired) electrons. The van der Waals surface area contributed by atoms with E-state index in [1.165, 1.54) is 11.9 Å². The normalized spacial score (nSPS) is 17.0. The Kier molecular flexibility index (Phi) is 17.4. The van der Waals surface area contributed by atoms with Crippen LogP contribution in [-0.4, -0.2) is 90.0 Å². The fourth-order valence-electron chi connectivity index (χ4n) is 7.39. The largest absolute Gasteiger partial charge is 0.492 e. The van der Waals surface area contributed by atoms with Crippen LogP contribution in [0.25, 0.3) is 11.1 Å². The second kappa shape index (κ2) is 22.2. The predicted octanol–water partition coefficient (Wildman–Crippen LogP) is 4.08. The number of carbonyl (C=O) groups excluding carboxylic acids is 5. The van der Waals surface area contributed by atoms with Gasteiger partial charge in [-0.2, -0.15) is 5.26 Å². The van der Waals surface area contributed by atoms with Crippen LogP contribution < -0.4 is 32.0 Å². The van der Waals surface area contributed by atoms with Crippen LogP contribution in [0.5, 0.6) is 11.5 Å². The van der Waals surface area contributed by atoms with Crippen molar-refractivity contribution in [1.82, 2.24) is 20.2 Å². The van der Waals surface area contributed by atoms with E-state index in [-0.39, 0.29) is 93.9 Å². The van der Waals surface area contributed by atoms with Crippen LogP contribution in [0, 0.1) is 54.3 Å². The summed E-state index contributed by atoms with van der Waals surface area (Å²) in [4.78, 5) is 80.9. The van der Waals surface area contributed by atoms with E-state index in [0.29, 0.717) is 51.0 Å². The van der Waals surface area contributed by atoms with Crippen molar-refractivity contribution in [2.45, 2.75) is 92.2 Å². The summed E-state index contributed by atoms with van der Waals surface area (Å²) < 4.78 is 12.2. The zero-order chi connectivity index (χ0) is 45.7. The quantitative estimate of drug-likeness (QED) is 0.117. The number of nitrogens with one attached hydrogen (secondary N) is 1. The van der Waals surface area contributed by atoms with Gasteiger partial charge in [0.15, 0.2) is 17.3 Å². The Hall–Kier alpha value is -6.00. The molecule has 2 aromatic carbocycles. The number of nitriles is 1. The van der Waals surface area contributed by atoms with Crippen molar-refractivity contribution in [1.29, 1.82) is 5.26 Å². The molecule has 4 atom stereocenters. The number of nitrogens with zero attached hydrogens (tertiary/aromatic N) is 4. The molecule has 2 amide bonds. The highest BCUT2D eigenvalue weighted by Crippen LogP contribution is 2.41. The number of hydrogen-bond donors (Lipinski definition) is 4. The third-order valence-electron chi connectivity index (χ3n) is 10.4. The van der Waals surface area contributed by atoms with Crippen LogP contribution in [-0.2, 0) is 25.6 Å². The van der Waals surface area contributed by atoms with Crippen molar-refractivity contribution < 1.29 is 33.4 Å². The minimum Gasteiger partial charge on any atom is -0.492 e. The maximum absolute atomic E-state index is 14.7. The number of Topliss-reactive ketones (excluding diaryl/α,β-unsaturated/α-hetero) is 3. The Labute approximate surface area is 364 Å². The minimum atomic E-state index is -1.24. The fourth-order valence-corrected chi connectivity index (χ4v) is 7.39. The Balaban J connectivity index is 1.86. The Morgan fingerprint density at radius 2 is 1.55 bits per heavy atom. The van der Waals surface area contributed by atoms with E-state index >= 15 is 0 Å². The number of nitrogens with two attached hydrogens (primary N) is 3. The van der Waals surface area contributed by atoms with Crippen molar-refractivity contribution in [2.24, 2.45) is 34.5 Å². The lowest BCUT2D eigenvalue weighted by molar-refractivity contribution is -0.142. The molecule has 2 heterocycles. The number of hydrogen-bond acceptors (Lipinski definition) is 13. The highest BCUT2D eigenvalue weighted by atomic mass is 16.5. The van der Waals surface area contributed by atoms with Gasteiger partial charge in [0.2, 0.25) is 17.6 Å². The first-order valence-corrected chi connectivity index (χ1v) is 21.0. The van der Waals surface area contributed by atoms with Gasteiger partial charge in [-0.25, -0.2) is 9.97 Å². The summed E-state index contributed by atoms with van der Waals surface area (Å²) >= 11 is 0. The first-order chi connectivity index (χ1) is 29.4.